The van der Waals surface area contributed by atoms with E-state index in [9.17, 15) is 4.79 Å². The number of fused-ring (bicyclic) bond motifs is 1. The number of anilines is 1. The van der Waals surface area contributed by atoms with E-state index < -0.39 is 0 Å². The van der Waals surface area contributed by atoms with E-state index in [0.29, 0.717) is 13.0 Å². The number of rotatable bonds is 7. The molecule has 6 nitrogen and oxygen atoms in total. The lowest BCUT2D eigenvalue weighted by molar-refractivity contribution is -0.116. The number of carbonyl (C=O) groups is 1. The fourth-order valence-electron chi connectivity index (χ4n) is 3.80. The van der Waals surface area contributed by atoms with E-state index in [0.717, 1.165) is 24.6 Å². The van der Waals surface area contributed by atoms with Crippen molar-refractivity contribution >= 4 is 17.6 Å². The molecule has 1 atom stereocenters. The van der Waals surface area contributed by atoms with Crippen LogP contribution >= 0.6 is 0 Å². The first-order chi connectivity index (χ1) is 12.8. The third-order valence-corrected chi connectivity index (χ3v) is 5.24. The maximum atomic E-state index is 11.9. The predicted octanol–water partition coefficient (Wildman–Crippen LogP) is 2.15. The van der Waals surface area contributed by atoms with E-state index in [1.807, 2.05) is 18.2 Å². The highest BCUT2D eigenvalue weighted by molar-refractivity contribution is 5.94. The van der Waals surface area contributed by atoms with Gasteiger partial charge in [-0.1, -0.05) is 18.2 Å². The Bertz CT molecular complexity index is 624. The van der Waals surface area contributed by atoms with Crippen molar-refractivity contribution in [2.45, 2.75) is 38.0 Å². The predicted molar refractivity (Wildman–Crippen MR) is 107 cm³/mol. The number of carbonyl (C=O) groups excluding carboxylic acids is 1. The Labute approximate surface area is 156 Å². The monoisotopic (exact) mass is 357 g/mol. The summed E-state index contributed by atoms with van der Waals surface area (Å²) in [4.78, 5) is 18.8. The maximum absolute atomic E-state index is 11.9. The van der Waals surface area contributed by atoms with Crippen LogP contribution in [0.1, 0.15) is 43.6 Å². The van der Waals surface area contributed by atoms with Crippen LogP contribution in [0.15, 0.2) is 29.3 Å². The Balaban J connectivity index is 1.39. The van der Waals surface area contributed by atoms with Crippen LogP contribution in [0.5, 0.6) is 0 Å². The third-order valence-electron chi connectivity index (χ3n) is 5.24. The molecule has 2 aliphatic rings. The largest absolute Gasteiger partial charge is 0.356 e. The van der Waals surface area contributed by atoms with Crippen molar-refractivity contribution in [2.75, 3.05) is 45.1 Å². The van der Waals surface area contributed by atoms with Gasteiger partial charge in [0.1, 0.15) is 0 Å². The molecule has 2 aliphatic heterocycles. The molecule has 1 amide bonds. The molecule has 0 aromatic heterocycles. The molecule has 1 unspecified atom stereocenters. The Kier molecular flexibility index (Phi) is 6.89. The first-order valence-electron chi connectivity index (χ1n) is 9.82. The maximum Gasteiger partial charge on any atom is 0.225 e. The fraction of sp³-hybridized carbons (Fsp3) is 0.600. The van der Waals surface area contributed by atoms with E-state index >= 15 is 0 Å². The molecule has 2 heterocycles. The molecule has 3 N–H and O–H groups in total. The van der Waals surface area contributed by atoms with Gasteiger partial charge in [-0.15, -0.1) is 0 Å². The number of amides is 1. The molecule has 0 aliphatic carbocycles. The number of hydrogen-bond donors (Lipinski definition) is 3. The average Bonchev–Trinajstić information content (AvgIpc) is 3.17. The van der Waals surface area contributed by atoms with Crippen LogP contribution in [-0.2, 0) is 4.79 Å². The summed E-state index contributed by atoms with van der Waals surface area (Å²) in [5.41, 5.74) is 2.13. The minimum Gasteiger partial charge on any atom is -0.356 e. The molecule has 6 heteroatoms. The lowest BCUT2D eigenvalue weighted by Crippen LogP contribution is -2.41. The highest BCUT2D eigenvalue weighted by atomic mass is 16.1. The van der Waals surface area contributed by atoms with Crippen LogP contribution in [0.3, 0.4) is 0 Å². The summed E-state index contributed by atoms with van der Waals surface area (Å²) in [7, 11) is 1.79. The molecule has 0 saturated carbocycles. The minimum absolute atomic E-state index is 0.0837. The average molecular weight is 358 g/mol. The summed E-state index contributed by atoms with van der Waals surface area (Å²) in [5, 5.41) is 9.72. The van der Waals surface area contributed by atoms with Crippen molar-refractivity contribution in [3.8, 4) is 0 Å². The molecule has 0 radical (unpaired) electrons. The molecule has 142 valence electrons. The highest BCUT2D eigenvalue weighted by Crippen LogP contribution is 2.31. The molecule has 1 saturated heterocycles. The van der Waals surface area contributed by atoms with Gasteiger partial charge in [0.2, 0.25) is 5.91 Å². The van der Waals surface area contributed by atoms with Crippen LogP contribution in [0.25, 0.3) is 0 Å². The van der Waals surface area contributed by atoms with Crippen LogP contribution < -0.4 is 16.0 Å². The molecule has 3 rings (SSSR count). The zero-order valence-electron chi connectivity index (χ0n) is 15.8. The second-order valence-corrected chi connectivity index (χ2v) is 7.17. The number of unbranched alkanes of at least 4 members (excludes halogenated alkanes) is 1. The topological polar surface area (TPSA) is 68.8 Å². The van der Waals surface area contributed by atoms with Crippen LogP contribution in [0, 0.1) is 0 Å². The van der Waals surface area contributed by atoms with Gasteiger partial charge in [-0.2, -0.15) is 0 Å². The molecule has 1 fully saturated rings. The second kappa shape index (κ2) is 9.57. The lowest BCUT2D eigenvalue weighted by atomic mass is 9.90. The first kappa shape index (κ1) is 18.7. The number of nitrogens with zero attached hydrogens (tertiary/aromatic N) is 2. The van der Waals surface area contributed by atoms with Gasteiger partial charge in [0, 0.05) is 38.2 Å². The van der Waals surface area contributed by atoms with Gasteiger partial charge < -0.3 is 20.9 Å². The van der Waals surface area contributed by atoms with Crippen molar-refractivity contribution in [1.82, 2.24) is 15.5 Å². The molecule has 1 aromatic rings. The van der Waals surface area contributed by atoms with E-state index in [-0.39, 0.29) is 11.8 Å². The number of hydrogen-bond acceptors (Lipinski definition) is 3. The molecule has 1 aromatic carbocycles. The Morgan fingerprint density at radius 1 is 1.23 bits per heavy atom. The van der Waals surface area contributed by atoms with E-state index in [2.05, 4.69) is 31.9 Å². The van der Waals surface area contributed by atoms with Gasteiger partial charge in [0.05, 0.1) is 0 Å². The summed E-state index contributed by atoms with van der Waals surface area (Å²) in [6.45, 7) is 5.38. The van der Waals surface area contributed by atoms with Crippen molar-refractivity contribution in [3.05, 3.63) is 29.8 Å². The molecule has 26 heavy (non-hydrogen) atoms. The zero-order chi connectivity index (χ0) is 18.2. The summed E-state index contributed by atoms with van der Waals surface area (Å²) in [6, 6.07) is 8.04. The van der Waals surface area contributed by atoms with Gasteiger partial charge in [-0.25, -0.2) is 0 Å². The van der Waals surface area contributed by atoms with E-state index in [1.165, 1.54) is 44.5 Å². The molecule has 0 bridgehead atoms. The van der Waals surface area contributed by atoms with Crippen LogP contribution in [-0.4, -0.2) is 56.5 Å². The summed E-state index contributed by atoms with van der Waals surface area (Å²) < 4.78 is 0. The van der Waals surface area contributed by atoms with E-state index in [4.69, 9.17) is 0 Å². The zero-order valence-corrected chi connectivity index (χ0v) is 15.8. The van der Waals surface area contributed by atoms with Crippen molar-refractivity contribution < 1.29 is 4.79 Å². The summed E-state index contributed by atoms with van der Waals surface area (Å²) >= 11 is 0. The van der Waals surface area contributed by atoms with Crippen molar-refractivity contribution in [2.24, 2.45) is 4.99 Å². The Hall–Kier alpha value is -2.08. The van der Waals surface area contributed by atoms with Gasteiger partial charge in [-0.3, -0.25) is 9.79 Å². The second-order valence-electron chi connectivity index (χ2n) is 7.17. The Morgan fingerprint density at radius 3 is 2.85 bits per heavy atom. The van der Waals surface area contributed by atoms with Gasteiger partial charge in [-0.05, 0) is 56.9 Å². The molecule has 0 spiro atoms. The number of guanidine groups is 1. The van der Waals surface area contributed by atoms with Crippen molar-refractivity contribution in [1.29, 1.82) is 0 Å². The van der Waals surface area contributed by atoms with Crippen LogP contribution in [0.2, 0.25) is 0 Å². The number of aliphatic imine (C=N–C) groups is 1. The lowest BCUT2D eigenvalue weighted by Gasteiger charge is -2.26. The number of likely N-dealkylation sites (tertiary alicyclic amines) is 1. The normalized spacial score (nSPS) is 20.6. The SMILES string of the molecule is CN=C(NCCCCN1CCCC1)NCC1CC(=O)Nc2ccccc21. The van der Waals surface area contributed by atoms with E-state index in [1.54, 1.807) is 7.05 Å². The van der Waals surface area contributed by atoms with Crippen molar-refractivity contribution in [3.63, 3.8) is 0 Å². The number of benzene rings is 1. The smallest absolute Gasteiger partial charge is 0.225 e. The highest BCUT2D eigenvalue weighted by Gasteiger charge is 2.24. The van der Waals surface area contributed by atoms with Gasteiger partial charge in [0.15, 0.2) is 5.96 Å². The van der Waals surface area contributed by atoms with Gasteiger partial charge >= 0.3 is 0 Å². The molecular weight excluding hydrogens is 326 g/mol. The van der Waals surface area contributed by atoms with Gasteiger partial charge in [0.25, 0.3) is 0 Å². The Morgan fingerprint density at radius 2 is 2.04 bits per heavy atom. The summed E-state index contributed by atoms with van der Waals surface area (Å²) in [6.07, 6.45) is 5.59. The quantitative estimate of drug-likeness (QED) is 0.397. The third kappa shape index (κ3) is 5.21. The minimum atomic E-state index is 0.0837. The van der Waals surface area contributed by atoms with Crippen LogP contribution in [0.4, 0.5) is 5.69 Å². The number of para-hydroxylation sites is 1. The first-order valence-corrected chi connectivity index (χ1v) is 9.82. The molecular formula is C20H31N5O. The standard InChI is InChI=1S/C20H31N5O/c1-21-20(22-10-4-5-11-25-12-6-7-13-25)23-15-16-14-19(26)24-18-9-3-2-8-17(16)18/h2-3,8-9,16H,4-7,10-15H2,1H3,(H,24,26)(H2,21,22,23). The summed E-state index contributed by atoms with van der Waals surface area (Å²) in [5.74, 6) is 1.07. The number of nitrogens with one attached hydrogen (secondary N) is 3. The fourth-order valence-corrected chi connectivity index (χ4v) is 3.80.